The molecule has 0 saturated carbocycles. The van der Waals surface area contributed by atoms with Gasteiger partial charge in [0, 0.05) is 0 Å². The van der Waals surface area contributed by atoms with Gasteiger partial charge in [0.05, 0.1) is 13.2 Å². The molecule has 0 aliphatic rings. The quantitative estimate of drug-likeness (QED) is 0.625. The summed E-state index contributed by atoms with van der Waals surface area (Å²) < 4.78 is 10.3. The first kappa shape index (κ1) is 10.2. The molecule has 4 heteroatoms. The zero-order valence-corrected chi connectivity index (χ0v) is 7.43. The van der Waals surface area contributed by atoms with Gasteiger partial charge in [-0.3, -0.25) is 0 Å². The molecular weight excluding hydrogens is 151 g/mol. The Hall–Kier alpha value is 0.180. The van der Waals surface area contributed by atoms with Crippen molar-refractivity contribution in [3.63, 3.8) is 0 Å². The van der Waals surface area contributed by atoms with Crippen molar-refractivity contribution < 1.29 is 14.2 Å². The van der Waals surface area contributed by atoms with Crippen LogP contribution >= 0.6 is 7.34 Å². The normalized spacial score (nSPS) is 11.9. The summed E-state index contributed by atoms with van der Waals surface area (Å²) in [5.74, 6) is 0. The van der Waals surface area contributed by atoms with E-state index in [-0.39, 0.29) is 6.35 Å². The van der Waals surface area contributed by atoms with E-state index in [4.69, 9.17) is 14.2 Å². The highest BCUT2D eigenvalue weighted by molar-refractivity contribution is 7.64. The lowest BCUT2D eigenvalue weighted by molar-refractivity contribution is 0.233. The third-order valence-electron chi connectivity index (χ3n) is 0.944. The fourth-order valence-corrected chi connectivity index (χ4v) is 1.77. The maximum absolute atomic E-state index is 8.78. The van der Waals surface area contributed by atoms with Crippen LogP contribution in [0, 0.1) is 0 Å². The van der Waals surface area contributed by atoms with Crippen LogP contribution in [-0.2, 0) is 9.05 Å². The Labute approximate surface area is 62.1 Å². The van der Waals surface area contributed by atoms with Crippen LogP contribution in [0.5, 0.6) is 0 Å². The molecule has 0 saturated heterocycles. The van der Waals surface area contributed by atoms with E-state index in [2.05, 4.69) is 6.30 Å². The summed E-state index contributed by atoms with van der Waals surface area (Å²) in [6, 6.07) is 0. The highest BCUT2D eigenvalue weighted by atomic mass is 31.2. The second-order valence-electron chi connectivity index (χ2n) is 1.79. The molecule has 10 heavy (non-hydrogen) atoms. The fraction of sp³-hybridized carbons (Fsp3) is 0.833. The minimum Gasteiger partial charge on any atom is -0.387 e. The van der Waals surface area contributed by atoms with Gasteiger partial charge in [0.1, 0.15) is 13.7 Å². The van der Waals surface area contributed by atoms with Crippen LogP contribution in [0.3, 0.4) is 0 Å². The monoisotopic (exact) mass is 166 g/mol. The Bertz CT molecular complexity index is 114. The molecule has 0 aromatic carbocycles. The number of hydrogen-bond donors (Lipinski definition) is 1. The Kier molecular flexibility index (Phi) is 5.00. The maximum Gasteiger partial charge on any atom is 0.142 e. The second-order valence-corrected chi connectivity index (χ2v) is 4.22. The van der Waals surface area contributed by atoms with Crippen LogP contribution in [0.15, 0.2) is 0 Å². The van der Waals surface area contributed by atoms with Crippen LogP contribution in [0.1, 0.15) is 13.8 Å². The van der Waals surface area contributed by atoms with Gasteiger partial charge in [-0.15, -0.1) is 0 Å². The molecule has 62 valence electrons. The molecule has 0 atom stereocenters. The van der Waals surface area contributed by atoms with E-state index in [1.54, 1.807) is 0 Å². The molecule has 1 N–H and O–H groups in total. The molecule has 0 aliphatic heterocycles. The van der Waals surface area contributed by atoms with Gasteiger partial charge in [-0.2, -0.15) is 0 Å². The van der Waals surface area contributed by atoms with Crippen LogP contribution in [0.2, 0.25) is 0 Å². The topological polar surface area (TPSA) is 38.7 Å². The van der Waals surface area contributed by atoms with Crippen molar-refractivity contribution in [1.82, 2.24) is 0 Å². The first-order chi connectivity index (χ1) is 4.68. The molecule has 0 aliphatic carbocycles. The molecule has 0 fully saturated rings. The SMILES string of the molecule is C=P(CO)(OCC)OCC. The largest absolute Gasteiger partial charge is 0.387 e. The molecule has 0 amide bonds. The zero-order chi connectivity index (χ0) is 8.04. The molecule has 0 unspecified atom stereocenters. The molecule has 0 bridgehead atoms. The van der Waals surface area contributed by atoms with E-state index >= 15 is 0 Å². The van der Waals surface area contributed by atoms with Crippen LogP contribution in [0.4, 0.5) is 0 Å². The molecule has 0 aromatic rings. The van der Waals surface area contributed by atoms with E-state index in [1.807, 2.05) is 13.8 Å². The van der Waals surface area contributed by atoms with Gasteiger partial charge in [-0.25, -0.2) is 0 Å². The van der Waals surface area contributed by atoms with Crippen molar-refractivity contribution in [3.05, 3.63) is 0 Å². The molecule has 0 spiro atoms. The molecule has 0 rings (SSSR count). The van der Waals surface area contributed by atoms with Gasteiger partial charge in [0.15, 0.2) is 0 Å². The minimum atomic E-state index is -2.14. The Morgan fingerprint density at radius 3 is 1.90 bits per heavy atom. The molecule has 0 heterocycles. The number of aliphatic hydroxyl groups is 1. The van der Waals surface area contributed by atoms with Gasteiger partial charge in [-0.05, 0) is 20.1 Å². The van der Waals surface area contributed by atoms with Gasteiger partial charge >= 0.3 is 0 Å². The fourth-order valence-electron chi connectivity index (χ4n) is 0.589. The smallest absolute Gasteiger partial charge is 0.142 e. The Morgan fingerprint density at radius 1 is 1.30 bits per heavy atom. The number of rotatable bonds is 5. The van der Waals surface area contributed by atoms with Gasteiger partial charge in [0.2, 0.25) is 0 Å². The molecular formula is C6H15O3P. The summed E-state index contributed by atoms with van der Waals surface area (Å²) in [7, 11) is -2.14. The highest BCUT2D eigenvalue weighted by Gasteiger charge is 2.11. The second kappa shape index (κ2) is 4.91. The van der Waals surface area contributed by atoms with Crippen molar-refractivity contribution in [2.75, 3.05) is 19.6 Å². The lowest BCUT2D eigenvalue weighted by Gasteiger charge is -2.20. The van der Waals surface area contributed by atoms with E-state index in [0.29, 0.717) is 13.2 Å². The third-order valence-corrected chi connectivity index (χ3v) is 2.83. The lowest BCUT2D eigenvalue weighted by Crippen LogP contribution is -1.99. The Morgan fingerprint density at radius 2 is 1.70 bits per heavy atom. The van der Waals surface area contributed by atoms with E-state index in [1.165, 1.54) is 0 Å². The number of hydrogen-bond acceptors (Lipinski definition) is 3. The highest BCUT2D eigenvalue weighted by Crippen LogP contribution is 2.45. The van der Waals surface area contributed by atoms with E-state index in [9.17, 15) is 0 Å². The predicted octanol–water partition coefficient (Wildman–Crippen LogP) is 1.29. The van der Waals surface area contributed by atoms with Crippen LogP contribution < -0.4 is 0 Å². The molecule has 0 radical (unpaired) electrons. The minimum absolute atomic E-state index is 0.103. The average molecular weight is 166 g/mol. The standard InChI is InChI=1S/C6H15O3P/c1-4-8-10(3,6-7)9-5-2/h7H,3-6H2,1-2H3. The first-order valence-electron chi connectivity index (χ1n) is 3.31. The average Bonchev–Trinajstić information content (AvgIpc) is 1.89. The zero-order valence-electron chi connectivity index (χ0n) is 6.54. The van der Waals surface area contributed by atoms with Gasteiger partial charge in [0.25, 0.3) is 0 Å². The Balaban J connectivity index is 3.83. The van der Waals surface area contributed by atoms with E-state index < -0.39 is 7.34 Å². The van der Waals surface area contributed by atoms with Crippen molar-refractivity contribution in [2.24, 2.45) is 0 Å². The lowest BCUT2D eigenvalue weighted by atomic mass is 10.9. The van der Waals surface area contributed by atoms with Crippen molar-refractivity contribution in [1.29, 1.82) is 0 Å². The number of aliphatic hydroxyl groups excluding tert-OH is 1. The summed E-state index contributed by atoms with van der Waals surface area (Å²) in [6.07, 6.45) is 3.58. The van der Waals surface area contributed by atoms with Gasteiger partial charge in [-0.1, -0.05) is 0 Å². The third kappa shape index (κ3) is 3.37. The van der Waals surface area contributed by atoms with Crippen LogP contribution in [-0.4, -0.2) is 31.0 Å². The molecule has 3 nitrogen and oxygen atoms in total. The molecule has 0 aromatic heterocycles. The summed E-state index contributed by atoms with van der Waals surface area (Å²) in [4.78, 5) is 0. The van der Waals surface area contributed by atoms with E-state index in [0.717, 1.165) is 0 Å². The van der Waals surface area contributed by atoms with Crippen molar-refractivity contribution in [2.45, 2.75) is 13.8 Å². The van der Waals surface area contributed by atoms with Gasteiger partial charge < -0.3 is 14.2 Å². The van der Waals surface area contributed by atoms with Crippen molar-refractivity contribution in [3.8, 4) is 0 Å². The van der Waals surface area contributed by atoms with Crippen LogP contribution in [0.25, 0.3) is 0 Å². The summed E-state index contributed by atoms with van der Waals surface area (Å²) in [5, 5.41) is 8.78. The predicted molar refractivity (Wildman–Crippen MR) is 44.4 cm³/mol. The first-order valence-corrected chi connectivity index (χ1v) is 5.30. The van der Waals surface area contributed by atoms with Crippen molar-refractivity contribution >= 4 is 13.6 Å². The summed E-state index contributed by atoms with van der Waals surface area (Å²) >= 11 is 0. The summed E-state index contributed by atoms with van der Waals surface area (Å²) in [6.45, 7) is 4.79. The summed E-state index contributed by atoms with van der Waals surface area (Å²) in [5.41, 5.74) is 0. The maximum atomic E-state index is 8.78.